The molecule has 2 aromatic heterocycles. The second-order valence-corrected chi connectivity index (χ2v) is 6.14. The Labute approximate surface area is 161 Å². The van der Waals surface area contributed by atoms with E-state index in [1.807, 2.05) is 12.1 Å². The molecule has 1 aromatic carbocycles. The molecule has 0 aliphatic carbocycles. The number of aromatic nitrogens is 3. The molecule has 3 rings (SSSR count). The van der Waals surface area contributed by atoms with Crippen molar-refractivity contribution < 1.29 is 9.53 Å². The molecular formula is C19H18ClN5O2. The van der Waals surface area contributed by atoms with Gasteiger partial charge in [0.15, 0.2) is 0 Å². The highest BCUT2D eigenvalue weighted by molar-refractivity contribution is 6.32. The number of carbonyl (C=O) groups excluding carboxylic acids is 1. The summed E-state index contributed by atoms with van der Waals surface area (Å²) in [6.45, 7) is 2.33. The summed E-state index contributed by atoms with van der Waals surface area (Å²) in [4.78, 5) is 25.1. The van der Waals surface area contributed by atoms with E-state index in [9.17, 15) is 4.79 Å². The van der Waals surface area contributed by atoms with Crippen molar-refractivity contribution in [3.8, 4) is 5.75 Å². The lowest BCUT2D eigenvalue weighted by atomic mass is 10.2. The molecule has 2 heterocycles. The Morgan fingerprint density at radius 2 is 1.93 bits per heavy atom. The summed E-state index contributed by atoms with van der Waals surface area (Å²) in [6.07, 6.45) is 3.43. The summed E-state index contributed by atoms with van der Waals surface area (Å²) >= 11 is 6.09. The summed E-state index contributed by atoms with van der Waals surface area (Å²) in [7, 11) is 1.53. The maximum atomic E-state index is 12.5. The minimum absolute atomic E-state index is 0.256. The lowest BCUT2D eigenvalue weighted by Crippen LogP contribution is -2.16. The molecular weight excluding hydrogens is 366 g/mol. The van der Waals surface area contributed by atoms with Crippen LogP contribution >= 0.6 is 11.6 Å². The van der Waals surface area contributed by atoms with Crippen molar-refractivity contribution >= 4 is 29.1 Å². The largest absolute Gasteiger partial charge is 0.495 e. The molecule has 0 saturated carbocycles. The molecule has 0 saturated heterocycles. The highest BCUT2D eigenvalue weighted by Gasteiger charge is 2.12. The Bertz CT molecular complexity index is 950. The number of ether oxygens (including phenoxy) is 1. The molecule has 0 unspecified atom stereocenters. The van der Waals surface area contributed by atoms with Gasteiger partial charge in [0.25, 0.3) is 5.91 Å². The van der Waals surface area contributed by atoms with E-state index < -0.39 is 0 Å². The Kier molecular flexibility index (Phi) is 5.83. The molecule has 0 spiro atoms. The van der Waals surface area contributed by atoms with Crippen LogP contribution in [0.3, 0.4) is 0 Å². The van der Waals surface area contributed by atoms with Crippen LogP contribution in [0.15, 0.2) is 48.8 Å². The van der Waals surface area contributed by atoms with Gasteiger partial charge in [0.05, 0.1) is 12.1 Å². The monoisotopic (exact) mass is 383 g/mol. The summed E-state index contributed by atoms with van der Waals surface area (Å²) in [6, 6.07) is 10.4. The van der Waals surface area contributed by atoms with Gasteiger partial charge in [-0.2, -0.15) is 0 Å². The van der Waals surface area contributed by atoms with Crippen LogP contribution < -0.4 is 15.4 Å². The fourth-order valence-electron chi connectivity index (χ4n) is 2.38. The molecule has 3 aromatic rings. The number of hydrogen-bond donors (Lipinski definition) is 2. The van der Waals surface area contributed by atoms with Gasteiger partial charge in [-0.3, -0.25) is 9.78 Å². The maximum absolute atomic E-state index is 12.5. The Hall–Kier alpha value is -3.19. The highest BCUT2D eigenvalue weighted by Crippen LogP contribution is 2.27. The molecule has 7 nitrogen and oxygen atoms in total. The summed E-state index contributed by atoms with van der Waals surface area (Å²) in [5.74, 6) is 0.563. The van der Waals surface area contributed by atoms with Crippen molar-refractivity contribution in [1.29, 1.82) is 0 Å². The first-order valence-electron chi connectivity index (χ1n) is 8.18. The molecule has 27 heavy (non-hydrogen) atoms. The van der Waals surface area contributed by atoms with Crippen LogP contribution in [-0.4, -0.2) is 28.0 Å². The number of carbonyl (C=O) groups is 1. The normalized spacial score (nSPS) is 10.3. The standard InChI is InChI=1S/C19H18ClN5O2/c1-12-9-16(18(26)24-14-3-4-17(27-2)15(20)10-14)25-19(23-12)22-11-13-5-7-21-8-6-13/h3-10H,11H2,1-2H3,(H,24,26)(H,22,23,25). The van der Waals surface area contributed by atoms with Crippen LogP contribution in [0.4, 0.5) is 11.6 Å². The zero-order valence-corrected chi connectivity index (χ0v) is 15.6. The van der Waals surface area contributed by atoms with Crippen LogP contribution in [0.1, 0.15) is 21.7 Å². The third-order valence-electron chi connectivity index (χ3n) is 3.70. The number of anilines is 2. The highest BCUT2D eigenvalue weighted by atomic mass is 35.5. The molecule has 0 bridgehead atoms. The molecule has 1 amide bonds. The van der Waals surface area contributed by atoms with E-state index in [1.54, 1.807) is 43.6 Å². The number of amides is 1. The van der Waals surface area contributed by atoms with Crippen molar-refractivity contribution in [2.24, 2.45) is 0 Å². The minimum atomic E-state index is -0.353. The third-order valence-corrected chi connectivity index (χ3v) is 3.99. The average molecular weight is 384 g/mol. The summed E-state index contributed by atoms with van der Waals surface area (Å²) < 4.78 is 5.11. The smallest absolute Gasteiger partial charge is 0.274 e. The predicted molar refractivity (Wildman–Crippen MR) is 104 cm³/mol. The first-order valence-corrected chi connectivity index (χ1v) is 8.56. The second kappa shape index (κ2) is 8.46. The molecule has 8 heteroatoms. The van der Waals surface area contributed by atoms with Crippen molar-refractivity contribution in [1.82, 2.24) is 15.0 Å². The lowest BCUT2D eigenvalue weighted by molar-refractivity contribution is 0.102. The number of pyridine rings is 1. The zero-order valence-electron chi connectivity index (χ0n) is 14.9. The minimum Gasteiger partial charge on any atom is -0.495 e. The number of halogens is 1. The number of methoxy groups -OCH3 is 1. The van der Waals surface area contributed by atoms with E-state index in [1.165, 1.54) is 7.11 Å². The first kappa shape index (κ1) is 18.6. The van der Waals surface area contributed by atoms with Crippen LogP contribution in [0, 0.1) is 6.92 Å². The third kappa shape index (κ3) is 4.92. The fraction of sp³-hybridized carbons (Fsp3) is 0.158. The summed E-state index contributed by atoms with van der Waals surface area (Å²) in [5.41, 5.74) is 2.52. The van der Waals surface area contributed by atoms with Crippen molar-refractivity contribution in [2.75, 3.05) is 17.7 Å². The molecule has 2 N–H and O–H groups in total. The average Bonchev–Trinajstić information content (AvgIpc) is 2.67. The number of nitrogens with one attached hydrogen (secondary N) is 2. The van der Waals surface area contributed by atoms with Gasteiger partial charge in [0, 0.05) is 30.3 Å². The van der Waals surface area contributed by atoms with Crippen molar-refractivity contribution in [3.05, 3.63) is 70.8 Å². The number of hydrogen-bond acceptors (Lipinski definition) is 6. The van der Waals surface area contributed by atoms with Crippen molar-refractivity contribution in [3.63, 3.8) is 0 Å². The molecule has 0 aliphatic rings. The van der Waals surface area contributed by atoms with E-state index in [0.717, 1.165) is 5.56 Å². The van der Waals surface area contributed by atoms with E-state index in [2.05, 4.69) is 25.6 Å². The topological polar surface area (TPSA) is 89.0 Å². The van der Waals surface area contributed by atoms with Crippen LogP contribution in [0.2, 0.25) is 5.02 Å². The Morgan fingerprint density at radius 1 is 1.15 bits per heavy atom. The van der Waals surface area contributed by atoms with E-state index in [-0.39, 0.29) is 11.6 Å². The van der Waals surface area contributed by atoms with Gasteiger partial charge >= 0.3 is 0 Å². The van der Waals surface area contributed by atoms with Crippen molar-refractivity contribution in [2.45, 2.75) is 13.5 Å². The SMILES string of the molecule is COc1ccc(NC(=O)c2cc(C)nc(NCc3ccncc3)n2)cc1Cl. The number of benzene rings is 1. The molecule has 0 fully saturated rings. The first-order chi connectivity index (χ1) is 13.0. The number of rotatable bonds is 6. The van der Waals surface area contributed by atoms with Gasteiger partial charge in [-0.1, -0.05) is 11.6 Å². The van der Waals surface area contributed by atoms with Gasteiger partial charge in [0.1, 0.15) is 11.4 Å². The summed E-state index contributed by atoms with van der Waals surface area (Å²) in [5, 5.41) is 6.30. The number of nitrogens with zero attached hydrogens (tertiary/aromatic N) is 3. The van der Waals surface area contributed by atoms with Gasteiger partial charge in [-0.05, 0) is 48.9 Å². The van der Waals surface area contributed by atoms with Crippen LogP contribution in [0.25, 0.3) is 0 Å². The fourth-order valence-corrected chi connectivity index (χ4v) is 2.64. The molecule has 0 aliphatic heterocycles. The van der Waals surface area contributed by atoms with Crippen LogP contribution in [-0.2, 0) is 6.54 Å². The Morgan fingerprint density at radius 3 is 2.63 bits per heavy atom. The van der Waals surface area contributed by atoms with E-state index >= 15 is 0 Å². The van der Waals surface area contributed by atoms with Gasteiger partial charge in [-0.25, -0.2) is 9.97 Å². The predicted octanol–water partition coefficient (Wildman–Crippen LogP) is 3.71. The van der Waals surface area contributed by atoms with E-state index in [0.29, 0.717) is 34.6 Å². The lowest BCUT2D eigenvalue weighted by Gasteiger charge is -2.10. The second-order valence-electron chi connectivity index (χ2n) is 5.73. The Balaban J connectivity index is 1.72. The van der Waals surface area contributed by atoms with Gasteiger partial charge < -0.3 is 15.4 Å². The van der Waals surface area contributed by atoms with Gasteiger partial charge in [-0.15, -0.1) is 0 Å². The molecule has 138 valence electrons. The van der Waals surface area contributed by atoms with Gasteiger partial charge in [0.2, 0.25) is 5.95 Å². The van der Waals surface area contributed by atoms with E-state index in [4.69, 9.17) is 16.3 Å². The molecule has 0 atom stereocenters. The quantitative estimate of drug-likeness (QED) is 0.674. The number of aryl methyl sites for hydroxylation is 1. The maximum Gasteiger partial charge on any atom is 0.274 e. The zero-order chi connectivity index (χ0) is 19.2. The molecule has 0 radical (unpaired) electrons. The van der Waals surface area contributed by atoms with Crippen LogP contribution in [0.5, 0.6) is 5.75 Å².